The van der Waals surface area contributed by atoms with Gasteiger partial charge < -0.3 is 9.73 Å². The molecule has 134 valence electrons. The molecule has 5 nitrogen and oxygen atoms in total. The molecule has 27 heavy (non-hydrogen) atoms. The van der Waals surface area contributed by atoms with Crippen molar-refractivity contribution in [2.24, 2.45) is 0 Å². The van der Waals surface area contributed by atoms with Gasteiger partial charge in [0, 0.05) is 16.0 Å². The van der Waals surface area contributed by atoms with Crippen LogP contribution in [0.4, 0.5) is 10.5 Å². The van der Waals surface area contributed by atoms with Crippen LogP contribution in [0.25, 0.3) is 6.08 Å². The zero-order chi connectivity index (χ0) is 18.8. The van der Waals surface area contributed by atoms with Crippen LogP contribution in [0.15, 0.2) is 86.8 Å². The number of nitrogens with zero attached hydrogens (tertiary/aromatic N) is 1. The Balaban J connectivity index is 1.52. The van der Waals surface area contributed by atoms with Crippen molar-refractivity contribution in [3.8, 4) is 0 Å². The maximum atomic E-state index is 12.6. The van der Waals surface area contributed by atoms with Crippen molar-refractivity contribution in [1.29, 1.82) is 0 Å². The molecule has 3 aromatic rings. The van der Waals surface area contributed by atoms with Crippen molar-refractivity contribution in [3.63, 3.8) is 0 Å². The van der Waals surface area contributed by atoms with Crippen molar-refractivity contribution in [2.75, 3.05) is 4.90 Å². The van der Waals surface area contributed by atoms with E-state index in [1.54, 1.807) is 42.5 Å². The lowest BCUT2D eigenvalue weighted by molar-refractivity contribution is -0.113. The summed E-state index contributed by atoms with van der Waals surface area (Å²) in [4.78, 5) is 26.8. The highest BCUT2D eigenvalue weighted by atomic mass is 35.5. The number of rotatable bonds is 4. The summed E-state index contributed by atoms with van der Waals surface area (Å²) in [5, 5.41) is 3.92. The van der Waals surface area contributed by atoms with Crippen molar-refractivity contribution >= 4 is 47.1 Å². The quantitative estimate of drug-likeness (QED) is 0.487. The summed E-state index contributed by atoms with van der Waals surface area (Å²) in [5.41, 5.74) is 0.683. The molecule has 0 radical (unpaired) electrons. The van der Waals surface area contributed by atoms with Gasteiger partial charge in [0.15, 0.2) is 5.09 Å². The molecule has 1 aliphatic heterocycles. The Morgan fingerprint density at radius 2 is 1.70 bits per heavy atom. The first-order valence-corrected chi connectivity index (χ1v) is 9.25. The fourth-order valence-electron chi connectivity index (χ4n) is 2.57. The molecular weight excluding hydrogens is 384 g/mol. The zero-order valence-electron chi connectivity index (χ0n) is 13.9. The highest BCUT2D eigenvalue weighted by molar-refractivity contribution is 7.99. The number of hydrogen-bond donors (Lipinski definition) is 1. The number of para-hydroxylation sites is 1. The van der Waals surface area contributed by atoms with Crippen LogP contribution in [0, 0.1) is 0 Å². The van der Waals surface area contributed by atoms with Gasteiger partial charge in [0.1, 0.15) is 11.5 Å². The highest BCUT2D eigenvalue weighted by Gasteiger charge is 2.34. The topological polar surface area (TPSA) is 62.6 Å². The van der Waals surface area contributed by atoms with Gasteiger partial charge in [-0.05, 0) is 48.5 Å². The normalized spacial score (nSPS) is 15.4. The predicted octanol–water partition coefficient (Wildman–Crippen LogP) is 5.18. The van der Waals surface area contributed by atoms with Crippen LogP contribution in [0.3, 0.4) is 0 Å². The van der Waals surface area contributed by atoms with E-state index < -0.39 is 11.9 Å². The van der Waals surface area contributed by atoms with E-state index in [1.165, 1.54) is 17.8 Å². The smallest absolute Gasteiger partial charge is 0.333 e. The van der Waals surface area contributed by atoms with Gasteiger partial charge in [0.05, 0.1) is 5.69 Å². The van der Waals surface area contributed by atoms with Crippen molar-refractivity contribution < 1.29 is 14.0 Å². The molecule has 2 heterocycles. The lowest BCUT2D eigenvalue weighted by atomic mass is 10.3. The van der Waals surface area contributed by atoms with Gasteiger partial charge >= 0.3 is 6.03 Å². The third kappa shape index (κ3) is 3.77. The van der Waals surface area contributed by atoms with E-state index in [1.807, 2.05) is 24.3 Å². The molecular formula is C20H13ClN2O3S. The third-order valence-corrected chi connectivity index (χ3v) is 4.99. The predicted molar refractivity (Wildman–Crippen MR) is 105 cm³/mol. The molecule has 2 aromatic carbocycles. The minimum absolute atomic E-state index is 0.168. The fraction of sp³-hybridized carbons (Fsp3) is 0. The first kappa shape index (κ1) is 17.5. The largest absolute Gasteiger partial charge is 0.450 e. The SMILES string of the molecule is O=C1N/C(=C\c2ccc(Sc3ccc(Cl)cc3)o2)C(=O)N1c1ccccc1. The van der Waals surface area contributed by atoms with Crippen LogP contribution in [-0.4, -0.2) is 11.9 Å². The highest BCUT2D eigenvalue weighted by Crippen LogP contribution is 2.31. The van der Waals surface area contributed by atoms with E-state index >= 15 is 0 Å². The Morgan fingerprint density at radius 1 is 0.963 bits per heavy atom. The average molecular weight is 397 g/mol. The number of hydrogen-bond acceptors (Lipinski definition) is 4. The van der Waals surface area contributed by atoms with Gasteiger partial charge in [-0.1, -0.05) is 41.6 Å². The van der Waals surface area contributed by atoms with Crippen LogP contribution in [0.1, 0.15) is 5.76 Å². The molecule has 0 atom stereocenters. The Labute approximate surface area is 164 Å². The molecule has 0 aliphatic carbocycles. The van der Waals surface area contributed by atoms with Gasteiger partial charge in [-0.25, -0.2) is 9.69 Å². The van der Waals surface area contributed by atoms with Gasteiger partial charge in [-0.3, -0.25) is 4.79 Å². The molecule has 1 saturated heterocycles. The van der Waals surface area contributed by atoms with E-state index in [-0.39, 0.29) is 5.70 Å². The minimum atomic E-state index is -0.486. The maximum absolute atomic E-state index is 12.6. The number of furan rings is 1. The minimum Gasteiger partial charge on any atom is -0.450 e. The maximum Gasteiger partial charge on any atom is 0.333 e. The summed E-state index contributed by atoms with van der Waals surface area (Å²) in [7, 11) is 0. The molecule has 1 N–H and O–H groups in total. The Kier molecular flexibility index (Phi) is 4.75. The Bertz CT molecular complexity index is 1030. The number of benzene rings is 2. The van der Waals surface area contributed by atoms with Crippen LogP contribution < -0.4 is 10.2 Å². The van der Waals surface area contributed by atoms with E-state index in [0.29, 0.717) is 21.6 Å². The fourth-order valence-corrected chi connectivity index (χ4v) is 3.48. The number of halogens is 1. The van der Waals surface area contributed by atoms with Gasteiger partial charge in [-0.15, -0.1) is 0 Å². The summed E-state index contributed by atoms with van der Waals surface area (Å²) in [6.07, 6.45) is 1.52. The second kappa shape index (κ2) is 7.34. The van der Waals surface area contributed by atoms with Gasteiger partial charge in [-0.2, -0.15) is 0 Å². The van der Waals surface area contributed by atoms with Crippen molar-refractivity contribution in [2.45, 2.75) is 9.99 Å². The molecule has 0 spiro atoms. The second-order valence-electron chi connectivity index (χ2n) is 5.68. The van der Waals surface area contributed by atoms with Crippen LogP contribution in [-0.2, 0) is 4.79 Å². The summed E-state index contributed by atoms with van der Waals surface area (Å²) >= 11 is 7.32. The van der Waals surface area contributed by atoms with E-state index in [2.05, 4.69) is 5.32 Å². The molecule has 7 heteroatoms. The summed E-state index contributed by atoms with van der Waals surface area (Å²) < 4.78 is 5.74. The zero-order valence-corrected chi connectivity index (χ0v) is 15.5. The molecule has 4 rings (SSSR count). The molecule has 0 saturated carbocycles. The van der Waals surface area contributed by atoms with Gasteiger partial charge in [0.2, 0.25) is 0 Å². The van der Waals surface area contributed by atoms with Crippen LogP contribution in [0.2, 0.25) is 5.02 Å². The number of carbonyl (C=O) groups excluding carboxylic acids is 2. The summed E-state index contributed by atoms with van der Waals surface area (Å²) in [6.45, 7) is 0. The first-order valence-electron chi connectivity index (χ1n) is 8.05. The van der Waals surface area contributed by atoms with Gasteiger partial charge in [0.25, 0.3) is 5.91 Å². The molecule has 1 fully saturated rings. The molecule has 1 aliphatic rings. The monoisotopic (exact) mass is 396 g/mol. The number of imide groups is 1. The third-order valence-electron chi connectivity index (χ3n) is 3.81. The molecule has 3 amide bonds. The number of anilines is 1. The molecule has 1 aromatic heterocycles. The van der Waals surface area contributed by atoms with E-state index in [4.69, 9.17) is 16.0 Å². The second-order valence-corrected chi connectivity index (χ2v) is 7.19. The summed E-state index contributed by atoms with van der Waals surface area (Å²) in [6, 6.07) is 19.2. The van der Waals surface area contributed by atoms with Crippen LogP contribution in [0.5, 0.6) is 0 Å². The first-order chi connectivity index (χ1) is 13.1. The van der Waals surface area contributed by atoms with E-state index in [0.717, 1.165) is 9.80 Å². The Hall–Kier alpha value is -2.96. The number of urea groups is 1. The number of amides is 3. The average Bonchev–Trinajstić information content (AvgIpc) is 3.22. The Morgan fingerprint density at radius 3 is 2.44 bits per heavy atom. The number of carbonyl (C=O) groups is 2. The standard InChI is InChI=1S/C20H13ClN2O3S/c21-13-6-9-16(10-7-13)27-18-11-8-15(26-18)12-17-19(24)23(20(25)22-17)14-4-2-1-3-5-14/h1-12H,(H,22,25)/b17-12-. The van der Waals surface area contributed by atoms with Crippen molar-refractivity contribution in [1.82, 2.24) is 5.32 Å². The lowest BCUT2D eigenvalue weighted by Crippen LogP contribution is -2.30. The van der Waals surface area contributed by atoms with Crippen molar-refractivity contribution in [3.05, 3.63) is 83.2 Å². The molecule has 0 unspecified atom stereocenters. The summed E-state index contributed by atoms with van der Waals surface area (Å²) in [5.74, 6) is 0.0551. The van der Waals surface area contributed by atoms with Crippen LogP contribution >= 0.6 is 23.4 Å². The molecule has 0 bridgehead atoms. The number of nitrogens with one attached hydrogen (secondary N) is 1. The lowest BCUT2D eigenvalue weighted by Gasteiger charge is -2.10. The van der Waals surface area contributed by atoms with E-state index in [9.17, 15) is 9.59 Å².